The van der Waals surface area contributed by atoms with Crippen LogP contribution in [0.2, 0.25) is 0 Å². The lowest BCUT2D eigenvalue weighted by atomic mass is 9.94. The van der Waals surface area contributed by atoms with Crippen LogP contribution in [0, 0.1) is 0 Å². The van der Waals surface area contributed by atoms with Crippen LogP contribution in [0.25, 0.3) is 11.1 Å². The van der Waals surface area contributed by atoms with Gasteiger partial charge in [0.2, 0.25) is 0 Å². The quantitative estimate of drug-likeness (QED) is 0.337. The van der Waals surface area contributed by atoms with E-state index < -0.39 is 17.7 Å². The van der Waals surface area contributed by atoms with Gasteiger partial charge in [0.1, 0.15) is 12.4 Å². The van der Waals surface area contributed by atoms with E-state index in [1.807, 2.05) is 37.3 Å². The first-order valence-electron chi connectivity index (χ1n) is 11.5. The average Bonchev–Trinajstić information content (AvgIpc) is 3.36. The lowest BCUT2D eigenvalue weighted by Gasteiger charge is -2.17. The molecule has 4 rings (SSSR count). The van der Waals surface area contributed by atoms with Crippen LogP contribution in [-0.2, 0) is 23.9 Å². The van der Waals surface area contributed by atoms with Crippen molar-refractivity contribution < 1.29 is 27.4 Å². The number of aromatic nitrogens is 1. The summed E-state index contributed by atoms with van der Waals surface area (Å²) in [4.78, 5) is 16.8. The molecule has 3 aromatic rings. The largest absolute Gasteiger partial charge is 0.488 e. The summed E-state index contributed by atoms with van der Waals surface area (Å²) in [5, 5.41) is 0. The predicted octanol–water partition coefficient (Wildman–Crippen LogP) is 7.12. The third kappa shape index (κ3) is 5.39. The van der Waals surface area contributed by atoms with Gasteiger partial charge < -0.3 is 9.47 Å². The minimum atomic E-state index is -4.48. The Balaban J connectivity index is 1.81. The van der Waals surface area contributed by atoms with Crippen molar-refractivity contribution >= 4 is 17.1 Å². The number of ether oxygens (including phenoxy) is 2. The second-order valence-corrected chi connectivity index (χ2v) is 8.36. The number of carbonyl (C=O) groups is 1. The minimum absolute atomic E-state index is 0.237. The first-order valence-corrected chi connectivity index (χ1v) is 11.5. The number of methoxy groups -OCH3 is 1. The smallest absolute Gasteiger partial charge is 0.416 e. The van der Waals surface area contributed by atoms with Gasteiger partial charge in [-0.3, -0.25) is 4.98 Å². The van der Waals surface area contributed by atoms with Crippen molar-refractivity contribution in [3.05, 3.63) is 94.3 Å². The summed E-state index contributed by atoms with van der Waals surface area (Å²) in [5.74, 6) is -0.0927. The van der Waals surface area contributed by atoms with Crippen LogP contribution in [0.3, 0.4) is 0 Å². The van der Waals surface area contributed by atoms with Crippen molar-refractivity contribution in [3.63, 3.8) is 0 Å². The van der Waals surface area contributed by atoms with Gasteiger partial charge in [-0.2, -0.15) is 13.2 Å². The highest BCUT2D eigenvalue weighted by atomic mass is 19.4. The Morgan fingerprint density at radius 2 is 1.77 bits per heavy atom. The number of carbonyl (C=O) groups excluding carboxylic acids is 1. The molecule has 0 fully saturated rings. The van der Waals surface area contributed by atoms with E-state index in [0.29, 0.717) is 47.4 Å². The van der Waals surface area contributed by atoms with E-state index in [-0.39, 0.29) is 6.61 Å². The van der Waals surface area contributed by atoms with Gasteiger partial charge in [0.15, 0.2) is 0 Å². The molecule has 2 aromatic carbocycles. The van der Waals surface area contributed by atoms with Crippen molar-refractivity contribution in [1.82, 2.24) is 4.98 Å². The van der Waals surface area contributed by atoms with Gasteiger partial charge in [0, 0.05) is 11.8 Å². The van der Waals surface area contributed by atoms with Gasteiger partial charge >= 0.3 is 12.1 Å². The Morgan fingerprint density at radius 3 is 2.46 bits per heavy atom. The summed E-state index contributed by atoms with van der Waals surface area (Å²) in [6.07, 6.45) is -0.193. The zero-order valence-corrected chi connectivity index (χ0v) is 19.6. The van der Waals surface area contributed by atoms with Crippen LogP contribution in [0.5, 0.6) is 5.75 Å². The molecule has 0 aliphatic heterocycles. The summed E-state index contributed by atoms with van der Waals surface area (Å²) in [5.41, 5.74) is 3.95. The number of pyridine rings is 1. The lowest BCUT2D eigenvalue weighted by molar-refractivity contribution is -0.137. The molecule has 0 spiro atoms. The third-order valence-electron chi connectivity index (χ3n) is 6.15. The van der Waals surface area contributed by atoms with Crippen molar-refractivity contribution in [3.8, 4) is 5.75 Å². The van der Waals surface area contributed by atoms with Crippen LogP contribution < -0.4 is 4.74 Å². The highest BCUT2D eigenvalue weighted by Crippen LogP contribution is 2.45. The molecular weight excluding hydrogens is 455 g/mol. The molecule has 1 aliphatic rings. The highest BCUT2D eigenvalue weighted by Gasteiger charge is 2.32. The van der Waals surface area contributed by atoms with Crippen molar-refractivity contribution in [1.29, 1.82) is 0 Å². The van der Waals surface area contributed by atoms with Crippen LogP contribution in [0.15, 0.2) is 60.8 Å². The van der Waals surface area contributed by atoms with Gasteiger partial charge in [0.25, 0.3) is 0 Å². The van der Waals surface area contributed by atoms with Gasteiger partial charge in [-0.15, -0.1) is 0 Å². The first-order chi connectivity index (χ1) is 16.8. The number of hydrogen-bond donors (Lipinski definition) is 0. The van der Waals surface area contributed by atoms with Gasteiger partial charge in [-0.05, 0) is 72.2 Å². The maximum absolute atomic E-state index is 13.6. The summed E-state index contributed by atoms with van der Waals surface area (Å²) in [6.45, 7) is 2.13. The molecule has 35 heavy (non-hydrogen) atoms. The second kappa shape index (κ2) is 10.3. The summed E-state index contributed by atoms with van der Waals surface area (Å²) in [6, 6.07) is 14.8. The van der Waals surface area contributed by atoms with Crippen LogP contribution in [0.1, 0.15) is 64.5 Å². The summed E-state index contributed by atoms with van der Waals surface area (Å²) in [7, 11) is 1.31. The molecule has 0 saturated heterocycles. The second-order valence-electron chi connectivity index (χ2n) is 8.36. The van der Waals surface area contributed by atoms with Gasteiger partial charge in [-0.25, -0.2) is 4.79 Å². The maximum Gasteiger partial charge on any atom is 0.416 e. The fraction of sp³-hybridized carbons (Fsp3) is 0.286. The van der Waals surface area contributed by atoms with Crippen molar-refractivity contribution in [2.24, 2.45) is 0 Å². The Morgan fingerprint density at radius 1 is 1.03 bits per heavy atom. The number of benzene rings is 2. The molecule has 182 valence electrons. The Kier molecular flexibility index (Phi) is 7.24. The van der Waals surface area contributed by atoms with Crippen LogP contribution >= 0.6 is 0 Å². The molecule has 0 N–H and O–H groups in total. The van der Waals surface area contributed by atoms with E-state index >= 15 is 0 Å². The van der Waals surface area contributed by atoms with E-state index in [1.54, 1.807) is 12.3 Å². The number of aryl methyl sites for hydroxylation is 1. The zero-order chi connectivity index (χ0) is 25.0. The summed E-state index contributed by atoms with van der Waals surface area (Å²) < 4.78 is 51.7. The molecule has 0 saturated carbocycles. The van der Waals surface area contributed by atoms with Crippen LogP contribution in [0.4, 0.5) is 13.2 Å². The van der Waals surface area contributed by atoms with E-state index in [1.165, 1.54) is 13.2 Å². The molecule has 1 aromatic heterocycles. The van der Waals surface area contributed by atoms with E-state index in [9.17, 15) is 18.0 Å². The fourth-order valence-corrected chi connectivity index (χ4v) is 4.39. The molecule has 0 radical (unpaired) electrons. The average molecular weight is 482 g/mol. The summed E-state index contributed by atoms with van der Waals surface area (Å²) >= 11 is 0. The van der Waals surface area contributed by atoms with E-state index in [2.05, 4.69) is 4.98 Å². The molecule has 4 nitrogen and oxygen atoms in total. The Bertz CT molecular complexity index is 1250. The van der Waals surface area contributed by atoms with Crippen molar-refractivity contribution in [2.75, 3.05) is 7.11 Å². The molecule has 0 amide bonds. The van der Waals surface area contributed by atoms with Gasteiger partial charge in [-0.1, -0.05) is 37.3 Å². The number of allylic oxidation sites excluding steroid dienone is 2. The lowest BCUT2D eigenvalue weighted by Crippen LogP contribution is -2.08. The van der Waals surface area contributed by atoms with Crippen LogP contribution in [-0.4, -0.2) is 18.1 Å². The molecule has 0 bridgehead atoms. The zero-order valence-electron chi connectivity index (χ0n) is 19.6. The molecule has 7 heteroatoms. The number of alkyl halides is 3. The monoisotopic (exact) mass is 481 g/mol. The predicted molar refractivity (Wildman–Crippen MR) is 128 cm³/mol. The molecule has 0 atom stereocenters. The SMILES string of the molecule is CCc1ncc(C2=C(c3cc(C(F)(F)F)ccc3OCc3ccccc3)CCC2)cc1C(=O)OC. The van der Waals surface area contributed by atoms with Gasteiger partial charge in [0.05, 0.1) is 23.9 Å². The van der Waals surface area contributed by atoms with E-state index in [4.69, 9.17) is 9.47 Å². The molecular formula is C28H26F3NO3. The molecule has 1 heterocycles. The standard InChI is InChI=1S/C28H26F3NO3/c1-3-25-24(27(33)34-2)14-19(16-32-25)21-10-7-11-22(21)23-15-20(28(29,30)31)12-13-26(23)35-17-18-8-5-4-6-9-18/h4-6,8-9,12-16H,3,7,10-11,17H2,1-2H3. The van der Waals surface area contributed by atoms with Crippen molar-refractivity contribution in [2.45, 2.75) is 45.4 Å². The minimum Gasteiger partial charge on any atom is -0.488 e. The molecule has 0 unspecified atom stereocenters. The highest BCUT2D eigenvalue weighted by molar-refractivity contribution is 5.97. The maximum atomic E-state index is 13.6. The van der Waals surface area contributed by atoms with E-state index in [0.717, 1.165) is 35.3 Å². The topological polar surface area (TPSA) is 48.4 Å². The number of halogens is 3. The Hall–Kier alpha value is -3.61. The third-order valence-corrected chi connectivity index (χ3v) is 6.15. The fourth-order valence-electron chi connectivity index (χ4n) is 4.39. The Labute approximate surface area is 202 Å². The number of rotatable bonds is 7. The number of nitrogens with zero attached hydrogens (tertiary/aromatic N) is 1. The number of esters is 1. The molecule has 1 aliphatic carbocycles. The number of hydrogen-bond acceptors (Lipinski definition) is 4. The first kappa shape index (κ1) is 24.5. The normalized spacial score (nSPS) is 13.7.